The molecule has 5 heteroatoms. The lowest BCUT2D eigenvalue weighted by atomic mass is 10.2. The summed E-state index contributed by atoms with van der Waals surface area (Å²) in [6.07, 6.45) is 1.65. The number of furan rings is 1. The third-order valence-electron chi connectivity index (χ3n) is 3.08. The Balaban J connectivity index is 1.70. The minimum absolute atomic E-state index is 0.448. The van der Waals surface area contributed by atoms with Crippen molar-refractivity contribution in [3.8, 4) is 16.5 Å². The van der Waals surface area contributed by atoms with Gasteiger partial charge in [0.1, 0.15) is 12.4 Å². The van der Waals surface area contributed by atoms with Gasteiger partial charge in [0, 0.05) is 10.8 Å². The summed E-state index contributed by atoms with van der Waals surface area (Å²) < 4.78 is 11.1. The molecule has 21 heavy (non-hydrogen) atoms. The van der Waals surface area contributed by atoms with Gasteiger partial charge in [-0.1, -0.05) is 12.1 Å². The molecule has 0 unspecified atom stereocenters. The Morgan fingerprint density at radius 2 is 2.05 bits per heavy atom. The highest BCUT2D eigenvalue weighted by atomic mass is 35.5. The van der Waals surface area contributed by atoms with Crippen molar-refractivity contribution in [2.45, 2.75) is 19.4 Å². The van der Waals surface area contributed by atoms with Crippen LogP contribution in [-0.2, 0) is 12.5 Å². The first-order valence-electron chi connectivity index (χ1n) is 6.54. The van der Waals surface area contributed by atoms with Crippen LogP contribution in [0.25, 0.3) is 10.8 Å². The van der Waals surface area contributed by atoms with Crippen LogP contribution in [0.3, 0.4) is 0 Å². The molecule has 0 aliphatic rings. The number of alkyl halides is 1. The van der Waals surface area contributed by atoms with E-state index in [-0.39, 0.29) is 0 Å². The highest BCUT2D eigenvalue weighted by molar-refractivity contribution is 7.15. The van der Waals surface area contributed by atoms with Crippen molar-refractivity contribution >= 4 is 22.9 Å². The number of aryl methyl sites for hydroxylation is 1. The number of hydrogen-bond donors (Lipinski definition) is 0. The number of halogens is 1. The molecule has 3 rings (SSSR count). The summed E-state index contributed by atoms with van der Waals surface area (Å²) in [6.45, 7) is 2.49. The minimum atomic E-state index is 0.448. The van der Waals surface area contributed by atoms with Crippen molar-refractivity contribution in [2.75, 3.05) is 0 Å². The molecule has 0 N–H and O–H groups in total. The van der Waals surface area contributed by atoms with Gasteiger partial charge in [0.05, 0.1) is 12.0 Å². The van der Waals surface area contributed by atoms with Crippen LogP contribution in [0.2, 0.25) is 0 Å². The van der Waals surface area contributed by atoms with E-state index in [1.807, 2.05) is 43.3 Å². The van der Waals surface area contributed by atoms with E-state index in [0.29, 0.717) is 12.5 Å². The number of benzene rings is 1. The Morgan fingerprint density at radius 3 is 2.71 bits per heavy atom. The average molecular weight is 320 g/mol. The molecule has 3 aromatic rings. The number of aromatic nitrogens is 1. The zero-order valence-electron chi connectivity index (χ0n) is 11.5. The van der Waals surface area contributed by atoms with Crippen molar-refractivity contribution in [3.05, 3.63) is 58.8 Å². The van der Waals surface area contributed by atoms with E-state index >= 15 is 0 Å². The molecule has 0 aliphatic carbocycles. The molecule has 0 atom stereocenters. The lowest BCUT2D eigenvalue weighted by molar-refractivity contribution is 0.301. The number of ether oxygens (including phenoxy) is 1. The van der Waals surface area contributed by atoms with Crippen LogP contribution in [0.15, 0.2) is 47.1 Å². The molecule has 0 saturated carbocycles. The summed E-state index contributed by atoms with van der Waals surface area (Å²) >= 11 is 7.38. The first-order valence-corrected chi connectivity index (χ1v) is 7.89. The van der Waals surface area contributed by atoms with Crippen LogP contribution in [-0.4, -0.2) is 4.98 Å². The van der Waals surface area contributed by atoms with Gasteiger partial charge in [0.25, 0.3) is 0 Å². The topological polar surface area (TPSA) is 35.3 Å². The maximum Gasteiger partial charge on any atom is 0.162 e. The summed E-state index contributed by atoms with van der Waals surface area (Å²) in [6, 6.07) is 11.5. The third kappa shape index (κ3) is 3.28. The minimum Gasteiger partial charge on any atom is -0.487 e. The van der Waals surface area contributed by atoms with E-state index in [4.69, 9.17) is 20.8 Å². The molecule has 0 bridgehead atoms. The number of thiazole rings is 1. The molecule has 1 aromatic carbocycles. The Bertz CT molecular complexity index is 704. The first-order chi connectivity index (χ1) is 10.3. The maximum absolute atomic E-state index is 5.77. The maximum atomic E-state index is 5.77. The fraction of sp³-hybridized carbons (Fsp3) is 0.188. The normalized spacial score (nSPS) is 10.8. The fourth-order valence-corrected chi connectivity index (χ4v) is 2.96. The summed E-state index contributed by atoms with van der Waals surface area (Å²) in [5, 5.41) is 0.883. The number of nitrogens with zero attached hydrogens (tertiary/aromatic N) is 1. The van der Waals surface area contributed by atoms with E-state index in [1.54, 1.807) is 17.6 Å². The molecule has 2 heterocycles. The highest BCUT2D eigenvalue weighted by Gasteiger charge is 2.11. The number of rotatable bonds is 5. The van der Waals surface area contributed by atoms with Crippen LogP contribution in [0.4, 0.5) is 0 Å². The molecule has 3 nitrogen and oxygen atoms in total. The summed E-state index contributed by atoms with van der Waals surface area (Å²) in [7, 11) is 0. The monoisotopic (exact) mass is 319 g/mol. The van der Waals surface area contributed by atoms with Gasteiger partial charge in [-0.05, 0) is 36.8 Å². The van der Waals surface area contributed by atoms with Crippen LogP contribution < -0.4 is 4.74 Å². The van der Waals surface area contributed by atoms with Crippen LogP contribution >= 0.6 is 22.9 Å². The standard InChI is InChI=1S/C16H14ClNO2S/c1-11-14(18-16(21-11)15-3-2-8-19-15)10-20-13-6-4-12(9-17)5-7-13/h2-8H,9-10H2,1H3. The lowest BCUT2D eigenvalue weighted by Crippen LogP contribution is -1.97. The van der Waals surface area contributed by atoms with E-state index in [0.717, 1.165) is 32.7 Å². The Hall–Kier alpha value is -1.78. The van der Waals surface area contributed by atoms with Gasteiger partial charge < -0.3 is 9.15 Å². The molecule has 2 aromatic heterocycles. The van der Waals surface area contributed by atoms with Crippen molar-refractivity contribution < 1.29 is 9.15 Å². The summed E-state index contributed by atoms with van der Waals surface area (Å²) in [5.74, 6) is 2.12. The van der Waals surface area contributed by atoms with Gasteiger partial charge in [-0.25, -0.2) is 4.98 Å². The predicted octanol–water partition coefficient (Wildman–Crippen LogP) is 5.03. The fourth-order valence-electron chi connectivity index (χ4n) is 1.89. The second-order valence-corrected chi connectivity index (χ2v) is 6.04. The van der Waals surface area contributed by atoms with E-state index in [2.05, 4.69) is 4.98 Å². The molecule has 0 amide bonds. The zero-order valence-corrected chi connectivity index (χ0v) is 13.1. The molecular formula is C16H14ClNO2S. The van der Waals surface area contributed by atoms with E-state index in [9.17, 15) is 0 Å². The molecule has 0 fully saturated rings. The SMILES string of the molecule is Cc1sc(-c2ccco2)nc1COc1ccc(CCl)cc1. The van der Waals surface area contributed by atoms with Crippen molar-refractivity contribution in [1.82, 2.24) is 4.98 Å². The van der Waals surface area contributed by atoms with Crippen LogP contribution in [0.5, 0.6) is 5.75 Å². The smallest absolute Gasteiger partial charge is 0.162 e. The molecule has 108 valence electrons. The third-order valence-corrected chi connectivity index (χ3v) is 4.41. The van der Waals surface area contributed by atoms with E-state index < -0.39 is 0 Å². The molecular weight excluding hydrogens is 306 g/mol. The predicted molar refractivity (Wildman–Crippen MR) is 84.9 cm³/mol. The average Bonchev–Trinajstić information content (AvgIpc) is 3.15. The van der Waals surface area contributed by atoms with E-state index in [1.165, 1.54) is 0 Å². The molecule has 0 spiro atoms. The molecule has 0 aliphatic heterocycles. The lowest BCUT2D eigenvalue weighted by Gasteiger charge is -2.05. The van der Waals surface area contributed by atoms with Crippen molar-refractivity contribution in [3.63, 3.8) is 0 Å². The van der Waals surface area contributed by atoms with Crippen LogP contribution in [0.1, 0.15) is 16.1 Å². The Labute approximate surface area is 132 Å². The number of hydrogen-bond acceptors (Lipinski definition) is 4. The second-order valence-electron chi connectivity index (χ2n) is 4.57. The largest absolute Gasteiger partial charge is 0.487 e. The quantitative estimate of drug-likeness (QED) is 0.619. The molecule has 0 radical (unpaired) electrons. The first kappa shape index (κ1) is 14.2. The summed E-state index contributed by atoms with van der Waals surface area (Å²) in [5.41, 5.74) is 2.02. The highest BCUT2D eigenvalue weighted by Crippen LogP contribution is 2.28. The van der Waals surface area contributed by atoms with Gasteiger partial charge in [-0.15, -0.1) is 22.9 Å². The van der Waals surface area contributed by atoms with Crippen molar-refractivity contribution in [2.24, 2.45) is 0 Å². The van der Waals surface area contributed by atoms with Gasteiger partial charge in [0.2, 0.25) is 0 Å². The molecule has 0 saturated heterocycles. The Kier molecular flexibility index (Phi) is 4.27. The van der Waals surface area contributed by atoms with Crippen LogP contribution in [0, 0.1) is 6.92 Å². The van der Waals surface area contributed by atoms with Gasteiger partial charge >= 0.3 is 0 Å². The summed E-state index contributed by atoms with van der Waals surface area (Å²) in [4.78, 5) is 5.72. The van der Waals surface area contributed by atoms with Gasteiger partial charge in [0.15, 0.2) is 10.8 Å². The van der Waals surface area contributed by atoms with Gasteiger partial charge in [-0.2, -0.15) is 0 Å². The zero-order chi connectivity index (χ0) is 14.7. The second kappa shape index (κ2) is 6.33. The van der Waals surface area contributed by atoms with Gasteiger partial charge in [-0.3, -0.25) is 0 Å². The van der Waals surface area contributed by atoms with Crippen molar-refractivity contribution in [1.29, 1.82) is 0 Å². The Morgan fingerprint density at radius 1 is 1.24 bits per heavy atom.